The molecule has 1 aromatic carbocycles. The summed E-state index contributed by atoms with van der Waals surface area (Å²) in [7, 11) is 0. The van der Waals surface area contributed by atoms with Gasteiger partial charge in [0.1, 0.15) is 0 Å². The highest BCUT2D eigenvalue weighted by molar-refractivity contribution is 8.00. The molecule has 8 heteroatoms. The van der Waals surface area contributed by atoms with E-state index in [1.807, 2.05) is 11.8 Å². The monoisotopic (exact) mass is 363 g/mol. The van der Waals surface area contributed by atoms with Gasteiger partial charge in [0.15, 0.2) is 0 Å². The Morgan fingerprint density at radius 1 is 1.20 bits per heavy atom. The molecule has 3 atom stereocenters. The van der Waals surface area contributed by atoms with Crippen LogP contribution in [0.4, 0.5) is 10.5 Å². The predicted octanol–water partition coefficient (Wildman–Crippen LogP) is 1.68. The molecular weight excluding hydrogens is 342 g/mol. The first-order valence-corrected chi connectivity index (χ1v) is 9.37. The Morgan fingerprint density at radius 3 is 2.72 bits per heavy atom. The highest BCUT2D eigenvalue weighted by atomic mass is 32.2. The van der Waals surface area contributed by atoms with E-state index in [2.05, 4.69) is 10.6 Å². The van der Waals surface area contributed by atoms with Crippen LogP contribution >= 0.6 is 11.8 Å². The average molecular weight is 363 g/mol. The summed E-state index contributed by atoms with van der Waals surface area (Å²) >= 11 is 1.85. The molecule has 0 spiro atoms. The summed E-state index contributed by atoms with van der Waals surface area (Å²) in [6, 6.07) is 6.53. The Balaban J connectivity index is 1.35. The molecule has 2 aliphatic heterocycles. The van der Waals surface area contributed by atoms with Crippen molar-refractivity contribution < 1.29 is 19.1 Å². The number of fused-ring (bicyclic) bond motifs is 1. The predicted molar refractivity (Wildman–Crippen MR) is 95.2 cm³/mol. The van der Waals surface area contributed by atoms with Crippen LogP contribution in [0.25, 0.3) is 0 Å². The molecular formula is C17H21N3O4S. The van der Waals surface area contributed by atoms with Crippen LogP contribution in [-0.2, 0) is 9.53 Å². The normalized spacial score (nSPS) is 24.3. The van der Waals surface area contributed by atoms with Gasteiger partial charge in [-0.3, -0.25) is 4.79 Å². The van der Waals surface area contributed by atoms with E-state index >= 15 is 0 Å². The summed E-state index contributed by atoms with van der Waals surface area (Å²) < 4.78 is 4.84. The third-order valence-corrected chi connectivity index (χ3v) is 5.92. The second-order valence-electron chi connectivity index (χ2n) is 6.25. The molecule has 0 bridgehead atoms. The summed E-state index contributed by atoms with van der Waals surface area (Å²) in [5.74, 6) is -0.250. The fourth-order valence-electron chi connectivity index (χ4n) is 3.09. The van der Waals surface area contributed by atoms with Crippen LogP contribution in [0.3, 0.4) is 0 Å². The summed E-state index contributed by atoms with van der Waals surface area (Å²) in [5, 5.41) is 6.22. The highest BCUT2D eigenvalue weighted by Gasteiger charge is 2.42. The van der Waals surface area contributed by atoms with Gasteiger partial charge in [0, 0.05) is 23.1 Å². The van der Waals surface area contributed by atoms with Gasteiger partial charge in [0.25, 0.3) is 0 Å². The second-order valence-corrected chi connectivity index (χ2v) is 7.52. The van der Waals surface area contributed by atoms with Crippen molar-refractivity contribution in [2.75, 3.05) is 11.5 Å². The van der Waals surface area contributed by atoms with Crippen molar-refractivity contribution in [3.8, 4) is 0 Å². The molecule has 25 heavy (non-hydrogen) atoms. The minimum absolute atomic E-state index is 0.0925. The molecule has 2 heterocycles. The molecule has 0 radical (unpaired) electrons. The lowest BCUT2D eigenvalue weighted by Gasteiger charge is -2.16. The number of benzene rings is 1. The van der Waals surface area contributed by atoms with Crippen LogP contribution in [0.15, 0.2) is 24.3 Å². The number of rotatable bonds is 6. The first kappa shape index (κ1) is 17.6. The standard InChI is InChI=1S/C17H21N3O4S/c18-11-7-5-10(6-8-11)16(22)24-14(21)4-2-1-3-13-15-12(9-25-13)19-17(23)20-15/h5-8,12-13,15H,1-4,9,18H2,(H2,19,20,23). The first-order valence-electron chi connectivity index (χ1n) is 8.32. The van der Waals surface area contributed by atoms with Gasteiger partial charge >= 0.3 is 18.0 Å². The lowest BCUT2D eigenvalue weighted by Crippen LogP contribution is -2.36. The Bertz CT molecular complexity index is 664. The van der Waals surface area contributed by atoms with Crippen molar-refractivity contribution in [1.29, 1.82) is 0 Å². The number of carbonyl (C=O) groups excluding carboxylic acids is 3. The summed E-state index contributed by atoms with van der Waals surface area (Å²) in [5.41, 5.74) is 6.40. The van der Waals surface area contributed by atoms with Gasteiger partial charge in [-0.2, -0.15) is 11.8 Å². The number of esters is 2. The first-order chi connectivity index (χ1) is 12.0. The highest BCUT2D eigenvalue weighted by Crippen LogP contribution is 2.33. The van der Waals surface area contributed by atoms with E-state index < -0.39 is 11.9 Å². The number of amides is 2. The Kier molecular flexibility index (Phi) is 5.47. The van der Waals surface area contributed by atoms with Gasteiger partial charge in [-0.25, -0.2) is 9.59 Å². The molecule has 0 aliphatic carbocycles. The molecule has 2 saturated heterocycles. The van der Waals surface area contributed by atoms with Crippen LogP contribution < -0.4 is 16.4 Å². The van der Waals surface area contributed by atoms with Crippen molar-refractivity contribution >= 4 is 35.4 Å². The molecule has 0 saturated carbocycles. The molecule has 7 nitrogen and oxygen atoms in total. The molecule has 134 valence electrons. The minimum Gasteiger partial charge on any atom is -0.399 e. The van der Waals surface area contributed by atoms with Crippen LogP contribution in [-0.4, -0.2) is 41.1 Å². The van der Waals surface area contributed by atoms with Crippen LogP contribution in [0.2, 0.25) is 0 Å². The molecule has 2 fully saturated rings. The number of hydrogen-bond donors (Lipinski definition) is 3. The van der Waals surface area contributed by atoms with Crippen LogP contribution in [0.1, 0.15) is 36.0 Å². The summed E-state index contributed by atoms with van der Waals surface area (Å²) in [6.07, 6.45) is 2.63. The van der Waals surface area contributed by atoms with Crippen molar-refractivity contribution in [2.45, 2.75) is 43.0 Å². The lowest BCUT2D eigenvalue weighted by atomic mass is 10.0. The number of carbonyl (C=O) groups is 3. The van der Waals surface area contributed by atoms with E-state index in [0.29, 0.717) is 22.9 Å². The quantitative estimate of drug-likeness (QED) is 0.233. The molecule has 2 aliphatic rings. The van der Waals surface area contributed by atoms with Gasteiger partial charge in [-0.05, 0) is 37.1 Å². The van der Waals surface area contributed by atoms with Crippen molar-refractivity contribution in [1.82, 2.24) is 10.6 Å². The Hall–Kier alpha value is -2.22. The zero-order valence-corrected chi connectivity index (χ0v) is 14.5. The van der Waals surface area contributed by atoms with E-state index in [9.17, 15) is 14.4 Å². The zero-order chi connectivity index (χ0) is 17.8. The number of ether oxygens (including phenoxy) is 1. The number of nitrogen functional groups attached to an aromatic ring is 1. The minimum atomic E-state index is -0.654. The van der Waals surface area contributed by atoms with E-state index in [1.54, 1.807) is 12.1 Å². The van der Waals surface area contributed by atoms with Gasteiger partial charge in [-0.15, -0.1) is 0 Å². The van der Waals surface area contributed by atoms with Gasteiger partial charge < -0.3 is 21.1 Å². The smallest absolute Gasteiger partial charge is 0.345 e. The maximum Gasteiger partial charge on any atom is 0.345 e. The summed E-state index contributed by atoms with van der Waals surface area (Å²) in [6.45, 7) is 0. The maximum atomic E-state index is 11.8. The fourth-order valence-corrected chi connectivity index (χ4v) is 4.63. The van der Waals surface area contributed by atoms with Crippen molar-refractivity contribution in [2.24, 2.45) is 0 Å². The Labute approximate surface area is 150 Å². The molecule has 3 unspecified atom stereocenters. The number of nitrogens with one attached hydrogen (secondary N) is 2. The van der Waals surface area contributed by atoms with Crippen molar-refractivity contribution in [3.05, 3.63) is 29.8 Å². The van der Waals surface area contributed by atoms with Crippen LogP contribution in [0.5, 0.6) is 0 Å². The van der Waals surface area contributed by atoms with E-state index in [4.69, 9.17) is 10.5 Å². The SMILES string of the molecule is Nc1ccc(C(=O)OC(=O)CCCCC2SCC3NC(=O)NC32)cc1. The topological polar surface area (TPSA) is 111 Å². The number of thioether (sulfide) groups is 1. The van der Waals surface area contributed by atoms with E-state index in [0.717, 1.165) is 18.6 Å². The van der Waals surface area contributed by atoms with E-state index in [-0.39, 0.29) is 24.5 Å². The maximum absolute atomic E-state index is 11.8. The van der Waals surface area contributed by atoms with Gasteiger partial charge in [0.05, 0.1) is 17.6 Å². The molecule has 2 amide bonds. The average Bonchev–Trinajstić information content (AvgIpc) is 3.11. The molecule has 3 rings (SSSR count). The number of hydrogen-bond acceptors (Lipinski definition) is 6. The molecule has 4 N–H and O–H groups in total. The fraction of sp³-hybridized carbons (Fsp3) is 0.471. The van der Waals surface area contributed by atoms with Gasteiger partial charge in [-0.1, -0.05) is 6.42 Å². The molecule has 0 aromatic heterocycles. The molecule has 1 aromatic rings. The largest absolute Gasteiger partial charge is 0.399 e. The third kappa shape index (κ3) is 4.45. The summed E-state index contributed by atoms with van der Waals surface area (Å²) in [4.78, 5) is 34.9. The Morgan fingerprint density at radius 2 is 1.96 bits per heavy atom. The van der Waals surface area contributed by atoms with Gasteiger partial charge in [0.2, 0.25) is 0 Å². The number of nitrogens with two attached hydrogens (primary N) is 1. The number of unbranched alkanes of at least 4 members (excludes halogenated alkanes) is 1. The number of urea groups is 1. The second kappa shape index (κ2) is 7.77. The number of anilines is 1. The van der Waals surface area contributed by atoms with Crippen molar-refractivity contribution in [3.63, 3.8) is 0 Å². The zero-order valence-electron chi connectivity index (χ0n) is 13.7. The van der Waals surface area contributed by atoms with Crippen LogP contribution in [0, 0.1) is 0 Å². The third-order valence-electron chi connectivity index (χ3n) is 4.41. The lowest BCUT2D eigenvalue weighted by molar-refractivity contribution is -0.138. The van der Waals surface area contributed by atoms with E-state index in [1.165, 1.54) is 12.1 Å².